The minimum absolute atomic E-state index is 0.0368. The summed E-state index contributed by atoms with van der Waals surface area (Å²) in [6, 6.07) is 13.9. The average Bonchev–Trinajstić information content (AvgIpc) is 2.82. The van der Waals surface area contributed by atoms with Gasteiger partial charge < -0.3 is 5.32 Å². The van der Waals surface area contributed by atoms with E-state index in [0.29, 0.717) is 5.69 Å². The monoisotopic (exact) mass is 483 g/mol. The second-order valence-corrected chi connectivity index (χ2v) is 11.6. The molecule has 2 fully saturated rings. The first-order chi connectivity index (χ1) is 16.1. The Morgan fingerprint density at radius 2 is 1.71 bits per heavy atom. The van der Waals surface area contributed by atoms with Gasteiger partial charge in [-0.2, -0.15) is 4.31 Å². The molecule has 182 valence electrons. The number of anilines is 1. The van der Waals surface area contributed by atoms with Crippen LogP contribution in [-0.4, -0.2) is 49.2 Å². The fraction of sp³-hybridized carbons (Fsp3) is 0.462. The van der Waals surface area contributed by atoms with Gasteiger partial charge >= 0.3 is 0 Å². The van der Waals surface area contributed by atoms with Gasteiger partial charge in [-0.05, 0) is 62.9 Å². The number of nitrogens with zero attached hydrogens (tertiary/aromatic N) is 2. The number of piperazine rings is 1. The molecule has 1 N–H and O–H groups in total. The first-order valence-corrected chi connectivity index (χ1v) is 13.3. The van der Waals surface area contributed by atoms with E-state index in [1.807, 2.05) is 32.0 Å². The molecule has 0 aromatic heterocycles. The smallest absolute Gasteiger partial charge is 0.247 e. The van der Waals surface area contributed by atoms with Gasteiger partial charge in [0.25, 0.3) is 0 Å². The largest absolute Gasteiger partial charge is 0.351 e. The summed E-state index contributed by atoms with van der Waals surface area (Å²) in [5.74, 6) is -0.734. The van der Waals surface area contributed by atoms with Crippen molar-refractivity contribution >= 4 is 27.5 Å². The van der Waals surface area contributed by atoms with Gasteiger partial charge in [0.05, 0.1) is 11.4 Å². The highest BCUT2D eigenvalue weighted by Gasteiger charge is 2.51. The molecular formula is C26H33N3O4S. The molecule has 0 bridgehead atoms. The number of carbonyl (C=O) groups is 2. The van der Waals surface area contributed by atoms with Crippen molar-refractivity contribution in [3.8, 4) is 0 Å². The van der Waals surface area contributed by atoms with Gasteiger partial charge in [0.1, 0.15) is 5.54 Å². The lowest BCUT2D eigenvalue weighted by molar-refractivity contribution is -0.133. The quantitative estimate of drug-likeness (QED) is 0.705. The van der Waals surface area contributed by atoms with Crippen LogP contribution < -0.4 is 10.2 Å². The van der Waals surface area contributed by atoms with Crippen LogP contribution in [0.3, 0.4) is 0 Å². The van der Waals surface area contributed by atoms with Crippen LogP contribution in [-0.2, 0) is 19.6 Å². The lowest BCUT2D eigenvalue weighted by Crippen LogP contribution is -2.71. The van der Waals surface area contributed by atoms with Crippen molar-refractivity contribution in [3.63, 3.8) is 0 Å². The van der Waals surface area contributed by atoms with Crippen molar-refractivity contribution in [1.82, 2.24) is 9.62 Å². The highest BCUT2D eigenvalue weighted by atomic mass is 32.2. The fourth-order valence-electron chi connectivity index (χ4n) is 5.00. The zero-order valence-corrected chi connectivity index (χ0v) is 20.9. The Hall–Kier alpha value is -2.71. The number of sulfonamides is 1. The van der Waals surface area contributed by atoms with Crippen LogP contribution in [0.25, 0.3) is 0 Å². The van der Waals surface area contributed by atoms with Gasteiger partial charge in [0, 0.05) is 18.3 Å². The molecule has 1 aliphatic heterocycles. The zero-order chi connectivity index (χ0) is 24.5. The summed E-state index contributed by atoms with van der Waals surface area (Å²) < 4.78 is 28.0. The summed E-state index contributed by atoms with van der Waals surface area (Å²) in [6.07, 6.45) is 5.04. The second kappa shape index (κ2) is 9.50. The highest BCUT2D eigenvalue weighted by Crippen LogP contribution is 2.35. The van der Waals surface area contributed by atoms with Crippen LogP contribution in [0.15, 0.2) is 53.4 Å². The third-order valence-corrected chi connectivity index (χ3v) is 8.76. The summed E-state index contributed by atoms with van der Waals surface area (Å²) in [5, 5.41) is 3.14. The number of rotatable bonds is 5. The molecule has 2 aromatic rings. The molecule has 1 atom stereocenters. The summed E-state index contributed by atoms with van der Waals surface area (Å²) in [7, 11) is -3.95. The van der Waals surface area contributed by atoms with Crippen LogP contribution in [0.4, 0.5) is 5.69 Å². The van der Waals surface area contributed by atoms with Crippen molar-refractivity contribution < 1.29 is 18.0 Å². The maximum absolute atomic E-state index is 13.8. The van der Waals surface area contributed by atoms with Gasteiger partial charge in [0.15, 0.2) is 0 Å². The molecule has 4 rings (SSSR count). The van der Waals surface area contributed by atoms with Gasteiger partial charge in [0.2, 0.25) is 21.8 Å². The summed E-state index contributed by atoms with van der Waals surface area (Å²) in [6.45, 7) is 5.06. The molecule has 7 nitrogen and oxygen atoms in total. The molecule has 1 aliphatic carbocycles. The van der Waals surface area contributed by atoms with Crippen molar-refractivity contribution in [2.24, 2.45) is 0 Å². The van der Waals surface area contributed by atoms with E-state index in [-0.39, 0.29) is 29.9 Å². The lowest BCUT2D eigenvalue weighted by Gasteiger charge is -2.47. The number of hydrogen-bond donors (Lipinski definition) is 1. The molecule has 1 heterocycles. The summed E-state index contributed by atoms with van der Waals surface area (Å²) in [4.78, 5) is 29.0. The standard InChI is InChI=1S/C26H33N3O4S/c1-19-14-15-20(2)23(16-19)29-24(30)17-28(34(32,33)22-12-8-5-9-13-22)18-26(29,3)25(31)27-21-10-6-4-7-11-21/h5,8-9,12-16,21H,4,6-7,10-11,17-18H2,1-3H3,(H,27,31). The SMILES string of the molecule is Cc1ccc(C)c(N2C(=O)CN(S(=O)(=O)c3ccccc3)CC2(C)C(=O)NC2CCCCC2)c1. The molecule has 2 aliphatic rings. The Kier molecular flexibility index (Phi) is 6.82. The van der Waals surface area contributed by atoms with E-state index in [4.69, 9.17) is 0 Å². The Bertz CT molecular complexity index is 1180. The summed E-state index contributed by atoms with van der Waals surface area (Å²) in [5.41, 5.74) is 1.06. The average molecular weight is 484 g/mol. The third kappa shape index (κ3) is 4.61. The second-order valence-electron chi connectivity index (χ2n) is 9.69. The van der Waals surface area contributed by atoms with Crippen LogP contribution in [0.2, 0.25) is 0 Å². The molecule has 8 heteroatoms. The molecular weight excluding hydrogens is 450 g/mol. The normalized spacial score (nSPS) is 22.6. The van der Waals surface area contributed by atoms with E-state index in [9.17, 15) is 18.0 Å². The number of carbonyl (C=O) groups excluding carboxylic acids is 2. The van der Waals surface area contributed by atoms with Crippen LogP contribution in [0.5, 0.6) is 0 Å². The predicted molar refractivity (Wildman–Crippen MR) is 132 cm³/mol. The minimum Gasteiger partial charge on any atom is -0.351 e. The zero-order valence-electron chi connectivity index (χ0n) is 20.1. The summed E-state index contributed by atoms with van der Waals surface area (Å²) >= 11 is 0. The Morgan fingerprint density at radius 3 is 2.38 bits per heavy atom. The van der Waals surface area contributed by atoms with Crippen molar-refractivity contribution in [3.05, 3.63) is 59.7 Å². The third-order valence-electron chi connectivity index (χ3n) is 6.95. The Morgan fingerprint density at radius 1 is 1.03 bits per heavy atom. The van der Waals surface area contributed by atoms with Crippen LogP contribution in [0, 0.1) is 13.8 Å². The number of hydrogen-bond acceptors (Lipinski definition) is 4. The molecule has 0 radical (unpaired) electrons. The van der Waals surface area contributed by atoms with Gasteiger partial charge in [-0.25, -0.2) is 8.42 Å². The van der Waals surface area contributed by atoms with Gasteiger partial charge in [-0.3, -0.25) is 14.5 Å². The predicted octanol–water partition coefficient (Wildman–Crippen LogP) is 3.55. The number of amides is 2. The van der Waals surface area contributed by atoms with E-state index in [2.05, 4.69) is 5.32 Å². The maximum Gasteiger partial charge on any atom is 0.247 e. The van der Waals surface area contributed by atoms with E-state index >= 15 is 0 Å². The Labute approximate surface area is 202 Å². The molecule has 1 unspecified atom stereocenters. The van der Waals surface area contributed by atoms with Crippen LogP contribution >= 0.6 is 0 Å². The van der Waals surface area contributed by atoms with E-state index in [1.54, 1.807) is 25.1 Å². The number of benzene rings is 2. The highest BCUT2D eigenvalue weighted by molar-refractivity contribution is 7.89. The van der Waals surface area contributed by atoms with E-state index < -0.39 is 21.5 Å². The van der Waals surface area contributed by atoms with E-state index in [1.165, 1.54) is 17.0 Å². The molecule has 1 saturated heterocycles. The van der Waals surface area contributed by atoms with Gasteiger partial charge in [-0.15, -0.1) is 0 Å². The molecule has 1 saturated carbocycles. The number of aryl methyl sites for hydroxylation is 2. The molecule has 34 heavy (non-hydrogen) atoms. The molecule has 0 spiro atoms. The molecule has 2 aromatic carbocycles. The van der Waals surface area contributed by atoms with Crippen molar-refractivity contribution in [2.45, 2.75) is 69.4 Å². The first kappa shape index (κ1) is 24.4. The minimum atomic E-state index is -3.95. The fourth-order valence-corrected chi connectivity index (χ4v) is 6.50. The first-order valence-electron chi connectivity index (χ1n) is 11.9. The maximum atomic E-state index is 13.8. The van der Waals surface area contributed by atoms with Crippen LogP contribution in [0.1, 0.15) is 50.2 Å². The molecule has 2 amide bonds. The topological polar surface area (TPSA) is 86.8 Å². The van der Waals surface area contributed by atoms with Crippen molar-refractivity contribution in [1.29, 1.82) is 0 Å². The lowest BCUT2D eigenvalue weighted by atomic mass is 9.90. The Balaban J connectivity index is 1.75. The number of nitrogens with one attached hydrogen (secondary N) is 1. The van der Waals surface area contributed by atoms with Gasteiger partial charge in [-0.1, -0.05) is 49.6 Å². The van der Waals surface area contributed by atoms with Crippen molar-refractivity contribution in [2.75, 3.05) is 18.0 Å². The van der Waals surface area contributed by atoms with E-state index in [0.717, 1.165) is 47.5 Å².